The van der Waals surface area contributed by atoms with Gasteiger partial charge in [0.15, 0.2) is 12.0 Å². The second kappa shape index (κ2) is 5.34. The Morgan fingerprint density at radius 3 is 2.64 bits per heavy atom. The molecular formula is C16H16F3NO2. The fourth-order valence-electron chi connectivity index (χ4n) is 2.44. The van der Waals surface area contributed by atoms with Crippen molar-refractivity contribution in [2.45, 2.75) is 44.5 Å². The molecule has 1 saturated carbocycles. The maximum absolute atomic E-state index is 12.9. The van der Waals surface area contributed by atoms with E-state index < -0.39 is 17.8 Å². The molecule has 3 rings (SSSR count). The van der Waals surface area contributed by atoms with E-state index in [2.05, 4.69) is 5.32 Å². The summed E-state index contributed by atoms with van der Waals surface area (Å²) in [4.78, 5) is 12.4. The number of ether oxygens (including phenoxy) is 1. The molecule has 0 bridgehead atoms. The van der Waals surface area contributed by atoms with E-state index in [0.717, 1.165) is 25.0 Å². The maximum Gasteiger partial charge on any atom is 0.416 e. The second-order valence-corrected chi connectivity index (χ2v) is 5.58. The van der Waals surface area contributed by atoms with Crippen LogP contribution in [0.1, 0.15) is 37.3 Å². The van der Waals surface area contributed by atoms with Crippen molar-refractivity contribution in [1.82, 2.24) is 5.32 Å². The Morgan fingerprint density at radius 2 is 2.05 bits per heavy atom. The number of alkyl halides is 3. The highest BCUT2D eigenvalue weighted by atomic mass is 19.4. The van der Waals surface area contributed by atoms with Crippen LogP contribution < -0.4 is 5.32 Å². The van der Waals surface area contributed by atoms with Gasteiger partial charge in [-0.15, -0.1) is 0 Å². The van der Waals surface area contributed by atoms with E-state index in [1.165, 1.54) is 12.1 Å². The van der Waals surface area contributed by atoms with Gasteiger partial charge < -0.3 is 10.1 Å². The molecule has 1 fully saturated rings. The van der Waals surface area contributed by atoms with Crippen molar-refractivity contribution >= 4 is 11.4 Å². The van der Waals surface area contributed by atoms with Crippen LogP contribution in [0.25, 0.3) is 5.57 Å². The average molecular weight is 311 g/mol. The normalized spacial score (nSPS) is 22.0. The molecule has 22 heavy (non-hydrogen) atoms. The summed E-state index contributed by atoms with van der Waals surface area (Å²) < 4.78 is 44.2. The van der Waals surface area contributed by atoms with Gasteiger partial charge in [-0.2, -0.15) is 13.2 Å². The van der Waals surface area contributed by atoms with Gasteiger partial charge in [-0.25, -0.2) is 0 Å². The predicted octanol–water partition coefficient (Wildman–Crippen LogP) is 3.50. The molecule has 3 nitrogen and oxygen atoms in total. The third kappa shape index (κ3) is 2.82. The molecule has 6 heteroatoms. The second-order valence-electron chi connectivity index (χ2n) is 5.58. The minimum Gasteiger partial charge on any atom is -0.467 e. The Kier molecular flexibility index (Phi) is 3.62. The van der Waals surface area contributed by atoms with E-state index in [1.54, 1.807) is 0 Å². The molecule has 1 atom stereocenters. The van der Waals surface area contributed by atoms with Crippen LogP contribution in [0.3, 0.4) is 0 Å². The quantitative estimate of drug-likeness (QED) is 0.925. The SMILES string of the molecule is CCC1OC(NC2CC2)=C(c2cccc(C(F)(F)F)c2)C1=O. The number of rotatable bonds is 4. The van der Waals surface area contributed by atoms with Crippen molar-refractivity contribution in [3.63, 3.8) is 0 Å². The van der Waals surface area contributed by atoms with Gasteiger partial charge in [0.25, 0.3) is 0 Å². The first-order valence-corrected chi connectivity index (χ1v) is 7.29. The van der Waals surface area contributed by atoms with Crippen LogP contribution in [0.5, 0.6) is 0 Å². The fraction of sp³-hybridized carbons (Fsp3) is 0.438. The molecule has 0 spiro atoms. The van der Waals surface area contributed by atoms with Crippen LogP contribution in [0.2, 0.25) is 0 Å². The van der Waals surface area contributed by atoms with Gasteiger partial charge in [0.05, 0.1) is 11.1 Å². The van der Waals surface area contributed by atoms with Crippen LogP contribution >= 0.6 is 0 Å². The summed E-state index contributed by atoms with van der Waals surface area (Å²) in [7, 11) is 0. The highest BCUT2D eigenvalue weighted by Gasteiger charge is 2.38. The van der Waals surface area contributed by atoms with Crippen molar-refractivity contribution in [2.24, 2.45) is 0 Å². The van der Waals surface area contributed by atoms with E-state index in [9.17, 15) is 18.0 Å². The highest BCUT2D eigenvalue weighted by Crippen LogP contribution is 2.36. The zero-order chi connectivity index (χ0) is 15.9. The van der Waals surface area contributed by atoms with Crippen molar-refractivity contribution in [1.29, 1.82) is 0 Å². The topological polar surface area (TPSA) is 38.3 Å². The number of ketones is 1. The smallest absolute Gasteiger partial charge is 0.416 e. The number of Topliss-reactive ketones (excluding diaryl/α,β-unsaturated/α-hetero) is 1. The lowest BCUT2D eigenvalue weighted by Crippen LogP contribution is -2.19. The van der Waals surface area contributed by atoms with Crippen LogP contribution in [-0.4, -0.2) is 17.9 Å². The van der Waals surface area contributed by atoms with Gasteiger partial charge in [-0.3, -0.25) is 4.79 Å². The van der Waals surface area contributed by atoms with Crippen molar-refractivity contribution in [2.75, 3.05) is 0 Å². The van der Waals surface area contributed by atoms with Gasteiger partial charge in [0, 0.05) is 6.04 Å². The molecule has 0 aromatic heterocycles. The molecule has 1 N–H and O–H groups in total. The number of halogens is 3. The molecule has 0 amide bonds. The van der Waals surface area contributed by atoms with Crippen molar-refractivity contribution in [3.8, 4) is 0 Å². The van der Waals surface area contributed by atoms with Gasteiger partial charge in [0.1, 0.15) is 0 Å². The Balaban J connectivity index is 2.00. The first-order chi connectivity index (χ1) is 10.4. The molecule has 1 aromatic carbocycles. The van der Waals surface area contributed by atoms with Crippen molar-refractivity contribution < 1.29 is 22.7 Å². The maximum atomic E-state index is 12.9. The van der Waals surface area contributed by atoms with Crippen LogP contribution in [0.4, 0.5) is 13.2 Å². The molecule has 1 aliphatic carbocycles. The minimum atomic E-state index is -4.44. The number of carbonyl (C=O) groups is 1. The summed E-state index contributed by atoms with van der Waals surface area (Å²) in [5.74, 6) is 0.0589. The summed E-state index contributed by atoms with van der Waals surface area (Å²) in [6, 6.07) is 5.07. The molecule has 1 aromatic rings. The number of carbonyl (C=O) groups excluding carboxylic acids is 1. The van der Waals surface area contributed by atoms with Gasteiger partial charge in [-0.1, -0.05) is 19.1 Å². The third-order valence-electron chi connectivity index (χ3n) is 3.79. The zero-order valence-corrected chi connectivity index (χ0v) is 12.0. The first-order valence-electron chi connectivity index (χ1n) is 7.29. The highest BCUT2D eigenvalue weighted by molar-refractivity contribution is 6.25. The van der Waals surface area contributed by atoms with E-state index in [0.29, 0.717) is 12.3 Å². The van der Waals surface area contributed by atoms with E-state index in [-0.39, 0.29) is 23.0 Å². The molecule has 0 saturated heterocycles. The minimum absolute atomic E-state index is 0.227. The van der Waals surface area contributed by atoms with Crippen LogP contribution in [0.15, 0.2) is 30.1 Å². The number of nitrogens with one attached hydrogen (secondary N) is 1. The summed E-state index contributed by atoms with van der Waals surface area (Å²) >= 11 is 0. The summed E-state index contributed by atoms with van der Waals surface area (Å²) in [6.45, 7) is 1.81. The molecule has 2 aliphatic rings. The average Bonchev–Trinajstić information content (AvgIpc) is 3.22. The molecule has 1 heterocycles. The van der Waals surface area contributed by atoms with Crippen LogP contribution in [0, 0.1) is 0 Å². The summed E-state index contributed by atoms with van der Waals surface area (Å²) in [5.41, 5.74) is -0.292. The monoisotopic (exact) mass is 311 g/mol. The molecule has 1 aliphatic heterocycles. The lowest BCUT2D eigenvalue weighted by Gasteiger charge is -2.11. The summed E-state index contributed by atoms with van der Waals surface area (Å²) in [5, 5.41) is 3.11. The number of hydrogen-bond donors (Lipinski definition) is 1. The predicted molar refractivity (Wildman–Crippen MR) is 74.7 cm³/mol. The van der Waals surface area contributed by atoms with Gasteiger partial charge in [-0.05, 0) is 37.0 Å². The molecule has 0 radical (unpaired) electrons. The van der Waals surface area contributed by atoms with E-state index >= 15 is 0 Å². The fourth-order valence-corrected chi connectivity index (χ4v) is 2.44. The molecule has 118 valence electrons. The Bertz CT molecular complexity index is 633. The lowest BCUT2D eigenvalue weighted by atomic mass is 9.98. The van der Waals surface area contributed by atoms with E-state index in [4.69, 9.17) is 4.74 Å². The molecule has 1 unspecified atom stereocenters. The van der Waals surface area contributed by atoms with Crippen LogP contribution in [-0.2, 0) is 15.7 Å². The zero-order valence-electron chi connectivity index (χ0n) is 12.0. The largest absolute Gasteiger partial charge is 0.467 e. The number of hydrogen-bond acceptors (Lipinski definition) is 3. The standard InChI is InChI=1S/C16H16F3NO2/c1-2-12-14(21)13(15(22-12)20-11-6-7-11)9-4-3-5-10(8-9)16(17,18)19/h3-5,8,11-12,20H,2,6-7H2,1H3. The first kappa shape index (κ1) is 14.9. The molecular weight excluding hydrogens is 295 g/mol. The van der Waals surface area contributed by atoms with Gasteiger partial charge in [0.2, 0.25) is 5.78 Å². The number of benzene rings is 1. The third-order valence-corrected chi connectivity index (χ3v) is 3.79. The Hall–Kier alpha value is -1.98. The summed E-state index contributed by atoms with van der Waals surface area (Å²) in [6.07, 6.45) is -2.61. The van der Waals surface area contributed by atoms with Crippen molar-refractivity contribution in [3.05, 3.63) is 41.3 Å². The van der Waals surface area contributed by atoms with E-state index in [1.807, 2.05) is 6.92 Å². The Morgan fingerprint density at radius 1 is 1.32 bits per heavy atom. The van der Waals surface area contributed by atoms with Gasteiger partial charge >= 0.3 is 6.18 Å². The Labute approximate surface area is 126 Å². The lowest BCUT2D eigenvalue weighted by molar-refractivity contribution is -0.137.